The topological polar surface area (TPSA) is 97.3 Å². The van der Waals surface area contributed by atoms with Crippen molar-refractivity contribution in [2.45, 2.75) is 26.2 Å². The lowest BCUT2D eigenvalue weighted by Crippen LogP contribution is -2.37. The van der Waals surface area contributed by atoms with Crippen LogP contribution in [0.3, 0.4) is 0 Å². The number of likely N-dealkylation sites (tertiary alicyclic amines) is 1. The lowest BCUT2D eigenvalue weighted by molar-refractivity contribution is -0.129. The summed E-state index contributed by atoms with van der Waals surface area (Å²) in [4.78, 5) is 39.0. The fraction of sp³-hybridized carbons (Fsp3) is 0.261. The molecule has 2 fully saturated rings. The van der Waals surface area contributed by atoms with Gasteiger partial charge in [-0.25, -0.2) is 9.78 Å². The molecule has 0 radical (unpaired) electrons. The zero-order valence-electron chi connectivity index (χ0n) is 17.0. The first kappa shape index (κ1) is 19.2. The van der Waals surface area contributed by atoms with Gasteiger partial charge in [0, 0.05) is 36.3 Å². The molecule has 8 heteroatoms. The second-order valence-corrected chi connectivity index (χ2v) is 7.96. The highest BCUT2D eigenvalue weighted by Gasteiger charge is 2.56. The Kier molecular flexibility index (Phi) is 4.62. The average molecular weight is 415 g/mol. The Morgan fingerprint density at radius 3 is 2.58 bits per heavy atom. The van der Waals surface area contributed by atoms with Gasteiger partial charge in [-0.3, -0.25) is 25.0 Å². The molecule has 1 aliphatic carbocycles. The van der Waals surface area contributed by atoms with Gasteiger partial charge >= 0.3 is 6.03 Å². The molecule has 1 saturated carbocycles. The molecule has 3 aromatic heterocycles. The van der Waals surface area contributed by atoms with Crippen LogP contribution in [-0.2, 0) is 4.79 Å². The molecule has 1 spiro atoms. The van der Waals surface area contributed by atoms with Gasteiger partial charge in [-0.05, 0) is 56.5 Å². The van der Waals surface area contributed by atoms with Crippen LogP contribution in [0.25, 0.3) is 11.3 Å². The van der Waals surface area contributed by atoms with E-state index in [0.29, 0.717) is 23.9 Å². The summed E-state index contributed by atoms with van der Waals surface area (Å²) < 4.78 is 5.88. The summed E-state index contributed by atoms with van der Waals surface area (Å²) in [6, 6.07) is 10.4. The Bertz CT molecular complexity index is 1140. The van der Waals surface area contributed by atoms with E-state index in [2.05, 4.69) is 20.3 Å². The van der Waals surface area contributed by atoms with Gasteiger partial charge in [-0.1, -0.05) is 0 Å². The van der Waals surface area contributed by atoms with E-state index < -0.39 is 6.03 Å². The van der Waals surface area contributed by atoms with Crippen molar-refractivity contribution in [2.75, 3.05) is 11.9 Å². The number of imide groups is 1. The van der Waals surface area contributed by atoms with Gasteiger partial charge in [-0.2, -0.15) is 0 Å². The molecule has 1 N–H and O–H groups in total. The maximum atomic E-state index is 12.4. The SMILES string of the molecule is Cc1ccc(-c2cc(Oc3ccc(NC(=O)N4CCC5(CC5)C4=O)nc3)ccn2)cn1. The van der Waals surface area contributed by atoms with Crippen molar-refractivity contribution in [2.24, 2.45) is 5.41 Å². The molecule has 31 heavy (non-hydrogen) atoms. The van der Waals surface area contributed by atoms with Gasteiger partial charge in [0.2, 0.25) is 5.91 Å². The molecule has 0 atom stereocenters. The molecule has 0 unspecified atom stereocenters. The second-order valence-electron chi connectivity index (χ2n) is 7.96. The van der Waals surface area contributed by atoms with E-state index in [1.165, 1.54) is 11.1 Å². The van der Waals surface area contributed by atoms with Crippen LogP contribution >= 0.6 is 0 Å². The van der Waals surface area contributed by atoms with Crippen LogP contribution in [0.1, 0.15) is 25.0 Å². The second kappa shape index (κ2) is 7.46. The number of carbonyl (C=O) groups is 2. The summed E-state index contributed by atoms with van der Waals surface area (Å²) in [5.74, 6) is 1.43. The smallest absolute Gasteiger partial charge is 0.329 e. The predicted molar refractivity (Wildman–Crippen MR) is 114 cm³/mol. The van der Waals surface area contributed by atoms with Crippen LogP contribution in [0.2, 0.25) is 0 Å². The maximum Gasteiger partial charge on any atom is 0.329 e. The first-order valence-corrected chi connectivity index (χ1v) is 10.2. The van der Waals surface area contributed by atoms with E-state index in [-0.39, 0.29) is 11.3 Å². The third-order valence-corrected chi connectivity index (χ3v) is 5.76. The van der Waals surface area contributed by atoms with Gasteiger partial charge in [0.05, 0.1) is 17.3 Å². The van der Waals surface area contributed by atoms with Crippen molar-refractivity contribution in [1.29, 1.82) is 0 Å². The molecule has 2 aliphatic rings. The minimum absolute atomic E-state index is 0.0674. The summed E-state index contributed by atoms with van der Waals surface area (Å²) in [7, 11) is 0. The largest absolute Gasteiger partial charge is 0.456 e. The Hall–Kier alpha value is -3.81. The molecule has 4 heterocycles. The molecule has 0 aromatic carbocycles. The van der Waals surface area contributed by atoms with Crippen molar-refractivity contribution in [1.82, 2.24) is 19.9 Å². The normalized spacial score (nSPS) is 16.4. The third kappa shape index (κ3) is 3.84. The molecular weight excluding hydrogens is 394 g/mol. The van der Waals surface area contributed by atoms with Crippen LogP contribution in [0, 0.1) is 12.3 Å². The Morgan fingerprint density at radius 1 is 1.03 bits per heavy atom. The molecule has 8 nitrogen and oxygen atoms in total. The number of rotatable bonds is 4. The predicted octanol–water partition coefficient (Wildman–Crippen LogP) is 4.18. The van der Waals surface area contributed by atoms with Gasteiger partial charge in [-0.15, -0.1) is 0 Å². The Labute approximate surface area is 179 Å². The number of nitrogens with one attached hydrogen (secondary N) is 1. The maximum absolute atomic E-state index is 12.4. The molecule has 0 bridgehead atoms. The fourth-order valence-corrected chi connectivity index (χ4v) is 3.71. The monoisotopic (exact) mass is 415 g/mol. The van der Waals surface area contributed by atoms with Crippen LogP contribution in [0.15, 0.2) is 55.0 Å². The number of ether oxygens (including phenoxy) is 1. The van der Waals surface area contributed by atoms with E-state index in [1.807, 2.05) is 25.1 Å². The first-order valence-electron chi connectivity index (χ1n) is 10.2. The highest BCUT2D eigenvalue weighted by molar-refractivity contribution is 6.05. The summed E-state index contributed by atoms with van der Waals surface area (Å²) in [5, 5.41) is 2.69. The summed E-state index contributed by atoms with van der Waals surface area (Å²) in [5.41, 5.74) is 2.33. The third-order valence-electron chi connectivity index (χ3n) is 5.76. The van der Waals surface area contributed by atoms with E-state index in [9.17, 15) is 9.59 Å². The summed E-state index contributed by atoms with van der Waals surface area (Å²) in [6.07, 6.45) is 7.50. The summed E-state index contributed by atoms with van der Waals surface area (Å²) >= 11 is 0. The molecule has 3 amide bonds. The van der Waals surface area contributed by atoms with Gasteiger partial charge in [0.25, 0.3) is 0 Å². The lowest BCUT2D eigenvalue weighted by atomic mass is 10.1. The molecule has 1 saturated heterocycles. The zero-order chi connectivity index (χ0) is 21.4. The van der Waals surface area contributed by atoms with Crippen LogP contribution in [0.5, 0.6) is 11.5 Å². The fourth-order valence-electron chi connectivity index (χ4n) is 3.71. The van der Waals surface area contributed by atoms with E-state index in [1.54, 1.807) is 30.6 Å². The molecule has 3 aromatic rings. The van der Waals surface area contributed by atoms with Crippen molar-refractivity contribution < 1.29 is 14.3 Å². The molecule has 1 aliphatic heterocycles. The van der Waals surface area contributed by atoms with Crippen molar-refractivity contribution in [3.8, 4) is 22.8 Å². The number of pyridine rings is 3. The van der Waals surface area contributed by atoms with Crippen molar-refractivity contribution in [3.63, 3.8) is 0 Å². The highest BCUT2D eigenvalue weighted by atomic mass is 16.5. The number of aryl methyl sites for hydroxylation is 1. The molecular formula is C23H21N5O3. The van der Waals surface area contributed by atoms with Gasteiger partial charge in [0.1, 0.15) is 17.3 Å². The van der Waals surface area contributed by atoms with Crippen molar-refractivity contribution >= 4 is 17.8 Å². The number of hydrogen-bond acceptors (Lipinski definition) is 6. The quantitative estimate of drug-likeness (QED) is 0.686. The van der Waals surface area contributed by atoms with Crippen LogP contribution in [0.4, 0.5) is 10.6 Å². The van der Waals surface area contributed by atoms with Crippen molar-refractivity contribution in [3.05, 3.63) is 60.7 Å². The summed E-state index contributed by atoms with van der Waals surface area (Å²) in [6.45, 7) is 2.40. The zero-order valence-corrected chi connectivity index (χ0v) is 17.0. The molecule has 156 valence electrons. The number of aromatic nitrogens is 3. The van der Waals surface area contributed by atoms with Gasteiger partial charge in [0.15, 0.2) is 0 Å². The van der Waals surface area contributed by atoms with E-state index in [4.69, 9.17) is 4.74 Å². The standard InChI is InChI=1S/C23H21N5O3/c1-15-2-3-16(13-25-15)19-12-17(6-10-24-19)31-18-4-5-20(26-14-18)27-22(30)28-11-9-23(7-8-23)21(28)29/h2-6,10,12-14H,7-9,11H2,1H3,(H,26,27,30). The average Bonchev–Trinajstić information content (AvgIpc) is 3.49. The van der Waals surface area contributed by atoms with E-state index in [0.717, 1.165) is 36.2 Å². The number of anilines is 1. The highest BCUT2D eigenvalue weighted by Crippen LogP contribution is 2.53. The molecule has 5 rings (SSSR count). The minimum atomic E-state index is -0.430. The number of urea groups is 1. The minimum Gasteiger partial charge on any atom is -0.456 e. The number of hydrogen-bond donors (Lipinski definition) is 1. The lowest BCUT2D eigenvalue weighted by Gasteiger charge is -2.15. The van der Waals surface area contributed by atoms with Crippen LogP contribution < -0.4 is 10.1 Å². The Balaban J connectivity index is 1.23. The first-order chi connectivity index (χ1) is 15.0. The number of carbonyl (C=O) groups excluding carboxylic acids is 2. The Morgan fingerprint density at radius 2 is 1.90 bits per heavy atom. The van der Waals surface area contributed by atoms with E-state index >= 15 is 0 Å². The van der Waals surface area contributed by atoms with Gasteiger partial charge < -0.3 is 4.74 Å². The van der Waals surface area contributed by atoms with Crippen LogP contribution in [-0.4, -0.2) is 38.3 Å². The number of nitrogens with zero attached hydrogens (tertiary/aromatic N) is 4. The number of amides is 3.